The van der Waals surface area contributed by atoms with Crippen molar-refractivity contribution in [3.63, 3.8) is 0 Å². The fourth-order valence-electron chi connectivity index (χ4n) is 1.81. The molecule has 0 aliphatic heterocycles. The van der Waals surface area contributed by atoms with E-state index in [1.807, 2.05) is 12.1 Å². The van der Waals surface area contributed by atoms with Gasteiger partial charge >= 0.3 is 0 Å². The molecule has 1 saturated carbocycles. The molecule has 3 N–H and O–H groups in total. The van der Waals surface area contributed by atoms with Crippen LogP contribution in [0, 0.1) is 0 Å². The zero-order valence-corrected chi connectivity index (χ0v) is 11.5. The highest BCUT2D eigenvalue weighted by molar-refractivity contribution is 7.90. The fraction of sp³-hybridized carbons (Fsp3) is 0.538. The van der Waals surface area contributed by atoms with Gasteiger partial charge in [0.05, 0.1) is 4.90 Å². The molecule has 1 aliphatic rings. The zero-order chi connectivity index (χ0) is 13.2. The van der Waals surface area contributed by atoms with E-state index in [9.17, 15) is 8.42 Å². The van der Waals surface area contributed by atoms with E-state index in [0.29, 0.717) is 4.90 Å². The lowest BCUT2D eigenvalue weighted by Crippen LogP contribution is -2.36. The summed E-state index contributed by atoms with van der Waals surface area (Å²) in [6, 6.07) is 7.06. The van der Waals surface area contributed by atoms with Crippen LogP contribution in [0.1, 0.15) is 18.4 Å². The van der Waals surface area contributed by atoms with Crippen LogP contribution < -0.4 is 11.1 Å². The number of hydrogen-bond acceptors (Lipinski definition) is 4. The first-order chi connectivity index (χ1) is 8.39. The summed E-state index contributed by atoms with van der Waals surface area (Å²) < 4.78 is 22.6. The number of nitrogens with two attached hydrogens (primary N) is 1. The van der Waals surface area contributed by atoms with E-state index < -0.39 is 9.84 Å². The second kappa shape index (κ2) is 4.99. The molecular formula is C13H20N2O2S. The molecule has 100 valence electrons. The van der Waals surface area contributed by atoms with Crippen molar-refractivity contribution >= 4 is 9.84 Å². The second-order valence-electron chi connectivity index (χ2n) is 5.21. The van der Waals surface area contributed by atoms with Crippen molar-refractivity contribution < 1.29 is 8.42 Å². The topological polar surface area (TPSA) is 72.2 Å². The Morgan fingerprint density at radius 3 is 2.39 bits per heavy atom. The van der Waals surface area contributed by atoms with Crippen molar-refractivity contribution in [1.29, 1.82) is 0 Å². The lowest BCUT2D eigenvalue weighted by atomic mass is 10.1. The summed E-state index contributed by atoms with van der Waals surface area (Å²) in [6.45, 7) is 1.74. The van der Waals surface area contributed by atoms with Gasteiger partial charge in [0.2, 0.25) is 0 Å². The highest BCUT2D eigenvalue weighted by atomic mass is 32.2. The minimum Gasteiger partial charge on any atom is -0.324 e. The maximum absolute atomic E-state index is 11.3. The Morgan fingerprint density at radius 2 is 1.89 bits per heavy atom. The smallest absolute Gasteiger partial charge is 0.175 e. The highest BCUT2D eigenvalue weighted by Crippen LogP contribution is 2.30. The molecule has 1 aromatic rings. The molecule has 0 amide bonds. The molecule has 0 bridgehead atoms. The van der Waals surface area contributed by atoms with Crippen LogP contribution in [-0.4, -0.2) is 33.3 Å². The normalized spacial score (nSPS) is 17.7. The van der Waals surface area contributed by atoms with Crippen molar-refractivity contribution in [3.05, 3.63) is 29.8 Å². The van der Waals surface area contributed by atoms with Crippen LogP contribution in [0.3, 0.4) is 0 Å². The summed E-state index contributed by atoms with van der Waals surface area (Å²) in [5.74, 6) is 0. The van der Waals surface area contributed by atoms with Crippen molar-refractivity contribution in [2.45, 2.75) is 29.7 Å². The Balaban J connectivity index is 1.79. The first kappa shape index (κ1) is 13.5. The molecule has 0 spiro atoms. The molecule has 18 heavy (non-hydrogen) atoms. The van der Waals surface area contributed by atoms with E-state index in [2.05, 4.69) is 5.32 Å². The molecule has 4 nitrogen and oxygen atoms in total. The third kappa shape index (κ3) is 3.80. The quantitative estimate of drug-likeness (QED) is 0.746. The molecule has 1 aromatic carbocycles. The molecule has 0 heterocycles. The predicted molar refractivity (Wildman–Crippen MR) is 72.3 cm³/mol. The van der Waals surface area contributed by atoms with Gasteiger partial charge in [0, 0.05) is 18.3 Å². The van der Waals surface area contributed by atoms with Gasteiger partial charge in [0.25, 0.3) is 0 Å². The van der Waals surface area contributed by atoms with Gasteiger partial charge in [-0.25, -0.2) is 8.42 Å². The van der Waals surface area contributed by atoms with E-state index in [4.69, 9.17) is 5.73 Å². The van der Waals surface area contributed by atoms with Gasteiger partial charge in [-0.15, -0.1) is 0 Å². The SMILES string of the molecule is CS(=O)(=O)c1ccc(CCNCC2(N)CC2)cc1. The molecular weight excluding hydrogens is 248 g/mol. The Labute approximate surface area is 108 Å². The minimum absolute atomic E-state index is 0.0418. The summed E-state index contributed by atoms with van der Waals surface area (Å²) in [6.07, 6.45) is 4.34. The monoisotopic (exact) mass is 268 g/mol. The van der Waals surface area contributed by atoms with Crippen molar-refractivity contribution in [1.82, 2.24) is 5.32 Å². The van der Waals surface area contributed by atoms with E-state index >= 15 is 0 Å². The molecule has 0 saturated heterocycles. The lowest BCUT2D eigenvalue weighted by Gasteiger charge is -2.10. The van der Waals surface area contributed by atoms with Crippen LogP contribution in [0.15, 0.2) is 29.2 Å². The van der Waals surface area contributed by atoms with E-state index in [1.54, 1.807) is 12.1 Å². The van der Waals surface area contributed by atoms with Crippen LogP contribution >= 0.6 is 0 Å². The predicted octanol–water partition coefficient (Wildman–Crippen LogP) is 0.714. The van der Waals surface area contributed by atoms with Crippen LogP contribution in [0.2, 0.25) is 0 Å². The highest BCUT2D eigenvalue weighted by Gasteiger charge is 2.37. The largest absolute Gasteiger partial charge is 0.324 e. The molecule has 2 rings (SSSR count). The van der Waals surface area contributed by atoms with Crippen LogP contribution in [0.4, 0.5) is 0 Å². The van der Waals surface area contributed by atoms with Crippen LogP contribution in [0.5, 0.6) is 0 Å². The van der Waals surface area contributed by atoms with Gasteiger partial charge in [-0.1, -0.05) is 12.1 Å². The van der Waals surface area contributed by atoms with E-state index in [0.717, 1.165) is 37.9 Å². The summed E-state index contributed by atoms with van der Waals surface area (Å²) in [5.41, 5.74) is 7.14. The average Bonchev–Trinajstić information content (AvgIpc) is 3.03. The summed E-state index contributed by atoms with van der Waals surface area (Å²) in [4.78, 5) is 0.373. The lowest BCUT2D eigenvalue weighted by molar-refractivity contribution is 0.570. The number of benzene rings is 1. The van der Waals surface area contributed by atoms with Gasteiger partial charge in [0.15, 0.2) is 9.84 Å². The van der Waals surface area contributed by atoms with Gasteiger partial charge in [0.1, 0.15) is 0 Å². The molecule has 0 radical (unpaired) electrons. The molecule has 0 atom stereocenters. The fourth-order valence-corrected chi connectivity index (χ4v) is 2.44. The summed E-state index contributed by atoms with van der Waals surface area (Å²) in [5, 5.41) is 3.34. The van der Waals surface area contributed by atoms with Gasteiger partial charge in [-0.05, 0) is 43.5 Å². The Bertz CT molecular complexity index is 504. The molecule has 0 unspecified atom stereocenters. The number of rotatable bonds is 6. The Kier molecular flexibility index (Phi) is 3.75. The van der Waals surface area contributed by atoms with Crippen LogP contribution in [-0.2, 0) is 16.3 Å². The standard InChI is InChI=1S/C13H20N2O2S/c1-18(16,17)12-4-2-11(3-5-12)6-9-15-10-13(14)7-8-13/h2-5,15H,6-10,14H2,1H3. The summed E-state index contributed by atoms with van der Waals surface area (Å²) >= 11 is 0. The van der Waals surface area contributed by atoms with E-state index in [1.165, 1.54) is 6.26 Å². The third-order valence-electron chi connectivity index (χ3n) is 3.31. The maximum Gasteiger partial charge on any atom is 0.175 e. The molecule has 0 aromatic heterocycles. The van der Waals surface area contributed by atoms with Crippen molar-refractivity contribution in [2.24, 2.45) is 5.73 Å². The number of nitrogens with one attached hydrogen (secondary N) is 1. The minimum atomic E-state index is -3.09. The summed E-state index contributed by atoms with van der Waals surface area (Å²) in [7, 11) is -3.09. The van der Waals surface area contributed by atoms with Gasteiger partial charge in [-0.3, -0.25) is 0 Å². The van der Waals surface area contributed by atoms with Gasteiger partial charge < -0.3 is 11.1 Å². The molecule has 5 heteroatoms. The van der Waals surface area contributed by atoms with Crippen molar-refractivity contribution in [3.8, 4) is 0 Å². The maximum atomic E-state index is 11.3. The average molecular weight is 268 g/mol. The number of sulfone groups is 1. The Morgan fingerprint density at radius 1 is 1.28 bits per heavy atom. The molecule has 1 aliphatic carbocycles. The third-order valence-corrected chi connectivity index (χ3v) is 4.44. The Hall–Kier alpha value is -0.910. The molecule has 1 fully saturated rings. The van der Waals surface area contributed by atoms with Gasteiger partial charge in [-0.2, -0.15) is 0 Å². The first-order valence-corrected chi connectivity index (χ1v) is 8.07. The number of hydrogen-bond donors (Lipinski definition) is 2. The first-order valence-electron chi connectivity index (χ1n) is 6.18. The van der Waals surface area contributed by atoms with Crippen LogP contribution in [0.25, 0.3) is 0 Å². The van der Waals surface area contributed by atoms with Crippen molar-refractivity contribution in [2.75, 3.05) is 19.3 Å². The zero-order valence-electron chi connectivity index (χ0n) is 10.6. The second-order valence-corrected chi connectivity index (χ2v) is 7.22. The van der Waals surface area contributed by atoms with E-state index in [-0.39, 0.29) is 5.54 Å².